The Labute approximate surface area is 131 Å². The van der Waals surface area contributed by atoms with Crippen LogP contribution in [0.4, 0.5) is 0 Å². The van der Waals surface area contributed by atoms with Crippen molar-refractivity contribution < 1.29 is 20.2 Å². The van der Waals surface area contributed by atoms with E-state index in [0.29, 0.717) is 9.13 Å². The first-order valence-electron chi connectivity index (χ1n) is 11.2. The molecule has 1 atom stereocenters. The summed E-state index contributed by atoms with van der Waals surface area (Å²) in [5, 5.41) is 9.69. The van der Waals surface area contributed by atoms with Crippen LogP contribution in [0.5, 0.6) is 0 Å². The Hall–Kier alpha value is -1.89. The quantitative estimate of drug-likeness (QED) is 0.839. The largest absolute Gasteiger partial charge is 0.393 e. The van der Waals surface area contributed by atoms with Crippen LogP contribution in [0.2, 0.25) is 0 Å². The molecule has 2 rings (SSSR count). The van der Waals surface area contributed by atoms with Crippen molar-refractivity contribution in [2.75, 3.05) is 0 Å². The molecule has 2 aromatic heterocycles. The van der Waals surface area contributed by atoms with Gasteiger partial charge in [-0.25, -0.2) is 9.78 Å². The third-order valence-corrected chi connectivity index (χ3v) is 2.73. The SMILES string of the molecule is [2H]C([2H])([2H])C(O)C([2H])([2H])CCCn1c(=O)c2c(ncn2C([2H])([2H])[2H])n(C([2H])([2H])[2H])c1=O. The summed E-state index contributed by atoms with van der Waals surface area (Å²) in [4.78, 5) is 29.1. The fraction of sp³-hybridized carbons (Fsp3) is 0.615. The van der Waals surface area contributed by atoms with Crippen LogP contribution in [0.3, 0.4) is 0 Å². The number of rotatable bonds is 5. The smallest absolute Gasteiger partial charge is 0.332 e. The number of hydrogen-bond donors (Lipinski definition) is 1. The first-order chi connectivity index (χ1) is 13.8. The van der Waals surface area contributed by atoms with Gasteiger partial charge in [0.15, 0.2) is 11.2 Å². The van der Waals surface area contributed by atoms with Crippen LogP contribution in [0.1, 0.15) is 41.1 Å². The van der Waals surface area contributed by atoms with E-state index in [9.17, 15) is 14.7 Å². The summed E-state index contributed by atoms with van der Waals surface area (Å²) in [7, 11) is 0. The van der Waals surface area contributed by atoms with Gasteiger partial charge in [-0.05, 0) is 26.1 Å². The standard InChI is InChI=1S/C13H20N4O3/c1-9(18)6-4-5-7-17-12(19)10-11(14-8-15(10)2)16(3)13(17)20/h8-9,18H,4-7H2,1-3H3/i1D3,2D3,3D3,6D2. The van der Waals surface area contributed by atoms with Gasteiger partial charge in [0.2, 0.25) is 0 Å². The molecule has 0 aliphatic heterocycles. The molecule has 1 unspecified atom stereocenters. The van der Waals surface area contributed by atoms with Gasteiger partial charge in [-0.3, -0.25) is 13.9 Å². The van der Waals surface area contributed by atoms with Crippen molar-refractivity contribution in [3.8, 4) is 0 Å². The van der Waals surface area contributed by atoms with Crippen LogP contribution in [-0.4, -0.2) is 29.9 Å². The summed E-state index contributed by atoms with van der Waals surface area (Å²) >= 11 is 0. The summed E-state index contributed by atoms with van der Waals surface area (Å²) < 4.78 is 83.1. The van der Waals surface area contributed by atoms with Crippen molar-refractivity contribution in [1.82, 2.24) is 18.7 Å². The molecule has 7 nitrogen and oxygen atoms in total. The molecule has 0 aliphatic rings. The Balaban J connectivity index is 2.56. The number of imidazole rings is 1. The zero-order valence-corrected chi connectivity index (χ0v) is 10.3. The Morgan fingerprint density at radius 3 is 3.00 bits per heavy atom. The summed E-state index contributed by atoms with van der Waals surface area (Å²) in [5.41, 5.74) is -3.76. The molecule has 110 valence electrons. The molecule has 0 saturated carbocycles. The third-order valence-electron chi connectivity index (χ3n) is 2.73. The van der Waals surface area contributed by atoms with E-state index in [1.165, 1.54) is 0 Å². The molecule has 0 radical (unpaired) electrons. The molecule has 1 N–H and O–H groups in total. The van der Waals surface area contributed by atoms with Crippen molar-refractivity contribution >= 4 is 11.2 Å². The van der Waals surface area contributed by atoms with E-state index in [2.05, 4.69) is 4.98 Å². The van der Waals surface area contributed by atoms with E-state index in [-0.39, 0.29) is 11.0 Å². The van der Waals surface area contributed by atoms with E-state index in [1.807, 2.05) is 0 Å². The van der Waals surface area contributed by atoms with E-state index < -0.39 is 68.7 Å². The number of aliphatic hydroxyl groups is 1. The van der Waals surface area contributed by atoms with Crippen LogP contribution in [0.25, 0.3) is 11.2 Å². The van der Waals surface area contributed by atoms with Gasteiger partial charge in [0, 0.05) is 35.6 Å². The van der Waals surface area contributed by atoms with Gasteiger partial charge in [-0.2, -0.15) is 0 Å². The van der Waals surface area contributed by atoms with E-state index in [1.54, 1.807) is 0 Å². The van der Waals surface area contributed by atoms with Gasteiger partial charge in [-0.15, -0.1) is 0 Å². The number of aliphatic hydroxyl groups excluding tert-OH is 1. The van der Waals surface area contributed by atoms with E-state index in [0.717, 1.165) is 6.33 Å². The summed E-state index contributed by atoms with van der Waals surface area (Å²) in [6.07, 6.45) is -5.11. The minimum Gasteiger partial charge on any atom is -0.393 e. The van der Waals surface area contributed by atoms with Crippen LogP contribution in [0, 0.1) is 0 Å². The Morgan fingerprint density at radius 2 is 2.30 bits per heavy atom. The molecule has 0 aromatic carbocycles. The van der Waals surface area contributed by atoms with E-state index >= 15 is 0 Å². The van der Waals surface area contributed by atoms with Gasteiger partial charge in [0.1, 0.15) is 0 Å². The Bertz CT molecular complexity index is 1070. The first-order valence-corrected chi connectivity index (χ1v) is 5.72. The van der Waals surface area contributed by atoms with Crippen LogP contribution in [0.15, 0.2) is 15.9 Å². The second-order valence-corrected chi connectivity index (χ2v) is 4.07. The third kappa shape index (κ3) is 2.53. The lowest BCUT2D eigenvalue weighted by molar-refractivity contribution is 0.180. The maximum atomic E-state index is 12.8. The Kier molecular flexibility index (Phi) is 1.64. The minimum absolute atomic E-state index is 0.192. The fourth-order valence-corrected chi connectivity index (χ4v) is 1.80. The topological polar surface area (TPSA) is 82.1 Å². The van der Waals surface area contributed by atoms with Crippen molar-refractivity contribution in [1.29, 1.82) is 0 Å². The predicted octanol–water partition coefficient (Wildman–Crippen LogP) is -0.0152. The lowest BCUT2D eigenvalue weighted by atomic mass is 10.2. The van der Waals surface area contributed by atoms with Gasteiger partial charge in [0.05, 0.1) is 12.4 Å². The number of fused-ring (bicyclic) bond motifs is 1. The lowest BCUT2D eigenvalue weighted by Crippen LogP contribution is -2.39. The molecule has 0 bridgehead atoms. The highest BCUT2D eigenvalue weighted by atomic mass is 16.3. The molecule has 0 fully saturated rings. The second kappa shape index (κ2) is 5.62. The van der Waals surface area contributed by atoms with Crippen LogP contribution >= 0.6 is 0 Å². The molecule has 2 aromatic rings. The maximum Gasteiger partial charge on any atom is 0.332 e. The predicted molar refractivity (Wildman–Crippen MR) is 75.7 cm³/mol. The van der Waals surface area contributed by atoms with Crippen LogP contribution < -0.4 is 11.2 Å². The molecule has 0 spiro atoms. The maximum absolute atomic E-state index is 12.8. The lowest BCUT2D eigenvalue weighted by Gasteiger charge is -2.09. The second-order valence-electron chi connectivity index (χ2n) is 4.07. The highest BCUT2D eigenvalue weighted by molar-refractivity contribution is 5.69. The normalized spacial score (nSPS) is 23.8. The van der Waals surface area contributed by atoms with Crippen molar-refractivity contribution in [3.63, 3.8) is 0 Å². The van der Waals surface area contributed by atoms with Crippen molar-refractivity contribution in [3.05, 3.63) is 27.2 Å². The fourth-order valence-electron chi connectivity index (χ4n) is 1.80. The van der Waals surface area contributed by atoms with Gasteiger partial charge < -0.3 is 9.67 Å². The summed E-state index contributed by atoms with van der Waals surface area (Å²) in [5.74, 6) is 0. The average Bonchev–Trinajstić information content (AvgIpc) is 2.99. The van der Waals surface area contributed by atoms with Crippen molar-refractivity contribution in [2.24, 2.45) is 14.0 Å². The number of nitrogens with zero attached hydrogens (tertiary/aromatic N) is 4. The molecule has 0 aliphatic carbocycles. The van der Waals surface area contributed by atoms with Gasteiger partial charge in [0.25, 0.3) is 5.56 Å². The molecular formula is C13H20N4O3. The molecule has 0 saturated heterocycles. The van der Waals surface area contributed by atoms with Crippen molar-refractivity contribution in [2.45, 2.75) is 38.7 Å². The number of aromatic nitrogens is 4. The zero-order valence-electron chi connectivity index (χ0n) is 21.3. The monoisotopic (exact) mass is 291 g/mol. The average molecular weight is 291 g/mol. The highest BCUT2D eigenvalue weighted by Gasteiger charge is 2.14. The highest BCUT2D eigenvalue weighted by Crippen LogP contribution is 2.04. The molecule has 7 heteroatoms. The summed E-state index contributed by atoms with van der Waals surface area (Å²) in [6, 6.07) is 0. The molecule has 0 amide bonds. The first kappa shape index (κ1) is 5.85. The number of aryl methyl sites for hydroxylation is 2. The molecule has 2 heterocycles. The summed E-state index contributed by atoms with van der Waals surface area (Å²) in [6.45, 7) is -9.56. The van der Waals surface area contributed by atoms with Crippen LogP contribution in [-0.2, 0) is 20.5 Å². The minimum atomic E-state index is -3.11. The van der Waals surface area contributed by atoms with E-state index in [4.69, 9.17) is 15.1 Å². The number of hydrogen-bond acceptors (Lipinski definition) is 4. The Morgan fingerprint density at radius 1 is 1.45 bits per heavy atom. The van der Waals surface area contributed by atoms with Gasteiger partial charge in [-0.1, -0.05) is 0 Å². The zero-order chi connectivity index (χ0) is 24.2. The van der Waals surface area contributed by atoms with Gasteiger partial charge >= 0.3 is 5.69 Å². The molecule has 20 heavy (non-hydrogen) atoms. The molecular weight excluding hydrogens is 260 g/mol.